The summed E-state index contributed by atoms with van der Waals surface area (Å²) in [6, 6.07) is 2.25. The van der Waals surface area contributed by atoms with Crippen molar-refractivity contribution in [1.29, 1.82) is 5.26 Å². The first-order chi connectivity index (χ1) is 7.10. The van der Waals surface area contributed by atoms with Crippen LogP contribution in [0.25, 0.3) is 0 Å². The summed E-state index contributed by atoms with van der Waals surface area (Å²) in [6.45, 7) is 1.35. The molecule has 3 nitrogen and oxygen atoms in total. The van der Waals surface area contributed by atoms with Crippen LogP contribution >= 0.6 is 0 Å². The van der Waals surface area contributed by atoms with Crippen LogP contribution in [0.4, 0.5) is 0 Å². The van der Waals surface area contributed by atoms with E-state index in [0.717, 1.165) is 25.7 Å². The number of rotatable bonds is 3. The van der Waals surface area contributed by atoms with Gasteiger partial charge in [0, 0.05) is 12.8 Å². The molecular weight excluding hydrogens is 190 g/mol. The number of nitriles is 1. The Labute approximate surface area is 89.4 Å². The van der Waals surface area contributed by atoms with Gasteiger partial charge in [-0.15, -0.1) is 6.42 Å². The summed E-state index contributed by atoms with van der Waals surface area (Å²) in [4.78, 5) is 11.1. The largest absolute Gasteiger partial charge is 0.444 e. The molecule has 0 saturated heterocycles. The molecule has 2 saturated carbocycles. The third-order valence-corrected chi connectivity index (χ3v) is 3.35. The molecule has 0 unspecified atom stereocenters. The van der Waals surface area contributed by atoms with Gasteiger partial charge in [-0.2, -0.15) is 5.26 Å². The summed E-state index contributed by atoms with van der Waals surface area (Å²) >= 11 is 0. The molecule has 0 amide bonds. The van der Waals surface area contributed by atoms with Crippen LogP contribution in [-0.2, 0) is 9.53 Å². The first-order valence-electron chi connectivity index (χ1n) is 5.19. The van der Waals surface area contributed by atoms with Gasteiger partial charge in [0.2, 0.25) is 0 Å². The van der Waals surface area contributed by atoms with Crippen LogP contribution in [0, 0.1) is 35.0 Å². The minimum absolute atomic E-state index is 0.188. The summed E-state index contributed by atoms with van der Waals surface area (Å²) in [5.41, 5.74) is -1.55. The lowest BCUT2D eigenvalue weighted by molar-refractivity contribution is -0.157. The SMILES string of the molecule is C#C[C@](OC(C)=O)(C1CC1)C1(C#N)CC1. The highest BCUT2D eigenvalue weighted by molar-refractivity contribution is 5.68. The van der Waals surface area contributed by atoms with Crippen molar-refractivity contribution in [1.82, 2.24) is 0 Å². The van der Waals surface area contributed by atoms with Gasteiger partial charge in [-0.25, -0.2) is 0 Å². The molecule has 0 aromatic rings. The van der Waals surface area contributed by atoms with E-state index >= 15 is 0 Å². The Morgan fingerprint density at radius 2 is 2.20 bits per heavy atom. The summed E-state index contributed by atoms with van der Waals surface area (Å²) in [6.07, 6.45) is 8.93. The van der Waals surface area contributed by atoms with Crippen molar-refractivity contribution in [3.8, 4) is 18.4 Å². The van der Waals surface area contributed by atoms with Gasteiger partial charge in [-0.3, -0.25) is 4.79 Å². The van der Waals surface area contributed by atoms with E-state index in [1.54, 1.807) is 0 Å². The normalized spacial score (nSPS) is 25.5. The highest BCUT2D eigenvalue weighted by Crippen LogP contribution is 2.62. The summed E-state index contributed by atoms with van der Waals surface area (Å²) in [7, 11) is 0. The van der Waals surface area contributed by atoms with E-state index in [2.05, 4.69) is 12.0 Å². The molecule has 0 N–H and O–H groups in total. The number of hydrogen-bond acceptors (Lipinski definition) is 3. The number of carbonyl (C=O) groups excluding carboxylic acids is 1. The molecule has 0 aromatic heterocycles. The van der Waals surface area contributed by atoms with Gasteiger partial charge in [0.15, 0.2) is 5.60 Å². The Kier molecular flexibility index (Phi) is 2.01. The van der Waals surface area contributed by atoms with Crippen molar-refractivity contribution in [2.75, 3.05) is 0 Å². The van der Waals surface area contributed by atoms with E-state index in [1.165, 1.54) is 6.92 Å². The monoisotopic (exact) mass is 203 g/mol. The Balaban J connectivity index is 2.34. The van der Waals surface area contributed by atoms with Crippen molar-refractivity contribution in [3.05, 3.63) is 0 Å². The average Bonchev–Trinajstić information content (AvgIpc) is 3.03. The smallest absolute Gasteiger partial charge is 0.304 e. The number of terminal acetylenes is 1. The van der Waals surface area contributed by atoms with Crippen molar-refractivity contribution in [2.45, 2.75) is 38.2 Å². The molecule has 2 aliphatic carbocycles. The molecule has 15 heavy (non-hydrogen) atoms. The number of esters is 1. The Hall–Kier alpha value is -1.48. The summed E-state index contributed by atoms with van der Waals surface area (Å²) in [5, 5.41) is 9.18. The second-order valence-electron chi connectivity index (χ2n) is 4.44. The molecule has 1 atom stereocenters. The second-order valence-corrected chi connectivity index (χ2v) is 4.44. The van der Waals surface area contributed by atoms with Gasteiger partial charge < -0.3 is 4.74 Å². The maximum Gasteiger partial charge on any atom is 0.304 e. The van der Waals surface area contributed by atoms with Gasteiger partial charge >= 0.3 is 5.97 Å². The van der Waals surface area contributed by atoms with Gasteiger partial charge in [0.1, 0.15) is 5.41 Å². The van der Waals surface area contributed by atoms with Gasteiger partial charge in [-0.1, -0.05) is 5.92 Å². The molecule has 3 heteroatoms. The van der Waals surface area contributed by atoms with Crippen LogP contribution < -0.4 is 0 Å². The van der Waals surface area contributed by atoms with Crippen LogP contribution in [-0.4, -0.2) is 11.6 Å². The first kappa shape index (κ1) is 10.1. The van der Waals surface area contributed by atoms with Gasteiger partial charge in [-0.05, 0) is 25.7 Å². The quantitative estimate of drug-likeness (QED) is 0.517. The molecular formula is C12H13NO2. The fourth-order valence-corrected chi connectivity index (χ4v) is 2.27. The summed E-state index contributed by atoms with van der Waals surface area (Å²) in [5.74, 6) is 2.40. The van der Waals surface area contributed by atoms with E-state index in [-0.39, 0.29) is 11.9 Å². The van der Waals surface area contributed by atoms with Crippen LogP contribution in [0.15, 0.2) is 0 Å². The van der Waals surface area contributed by atoms with E-state index in [0.29, 0.717) is 0 Å². The lowest BCUT2D eigenvalue weighted by Crippen LogP contribution is -2.44. The molecule has 78 valence electrons. The van der Waals surface area contributed by atoms with Crippen molar-refractivity contribution < 1.29 is 9.53 Å². The highest BCUT2D eigenvalue weighted by Gasteiger charge is 2.67. The zero-order chi connectivity index (χ0) is 11.1. The fourth-order valence-electron chi connectivity index (χ4n) is 2.27. The zero-order valence-electron chi connectivity index (χ0n) is 8.75. The molecule has 2 fully saturated rings. The third kappa shape index (κ3) is 1.31. The average molecular weight is 203 g/mol. The lowest BCUT2D eigenvalue weighted by Gasteiger charge is -2.32. The maximum absolute atomic E-state index is 11.1. The Morgan fingerprint density at radius 3 is 2.47 bits per heavy atom. The molecule has 0 spiro atoms. The standard InChI is InChI=1S/C12H13NO2/c1-3-12(10-4-5-10,15-9(2)14)11(8-13)6-7-11/h1,10H,4-7H2,2H3/t12-/m0/s1. The number of ether oxygens (including phenoxy) is 1. The number of hydrogen-bond donors (Lipinski definition) is 0. The molecule has 0 bridgehead atoms. The first-order valence-corrected chi connectivity index (χ1v) is 5.19. The van der Waals surface area contributed by atoms with E-state index in [4.69, 9.17) is 11.2 Å². The van der Waals surface area contributed by atoms with Gasteiger partial charge in [0.25, 0.3) is 0 Å². The predicted molar refractivity (Wildman–Crippen MR) is 53.3 cm³/mol. The minimum atomic E-state index is -0.951. The Bertz CT molecular complexity index is 379. The van der Waals surface area contributed by atoms with Crippen LogP contribution in [0.2, 0.25) is 0 Å². The molecule has 0 radical (unpaired) electrons. The van der Waals surface area contributed by atoms with E-state index < -0.39 is 11.0 Å². The molecule has 0 aliphatic heterocycles. The maximum atomic E-state index is 11.1. The van der Waals surface area contributed by atoms with Crippen LogP contribution in [0.1, 0.15) is 32.6 Å². The topological polar surface area (TPSA) is 50.1 Å². The number of carbonyl (C=O) groups is 1. The summed E-state index contributed by atoms with van der Waals surface area (Å²) < 4.78 is 5.33. The Morgan fingerprint density at radius 1 is 1.60 bits per heavy atom. The molecule has 2 aliphatic rings. The number of nitrogens with zero attached hydrogens (tertiary/aromatic N) is 1. The lowest BCUT2D eigenvalue weighted by atomic mass is 9.81. The predicted octanol–water partition coefficient (Wildman–Crippen LogP) is 1.64. The minimum Gasteiger partial charge on any atom is -0.444 e. The fraction of sp³-hybridized carbons (Fsp3) is 0.667. The van der Waals surface area contributed by atoms with Gasteiger partial charge in [0.05, 0.1) is 6.07 Å². The van der Waals surface area contributed by atoms with Crippen LogP contribution in [0.5, 0.6) is 0 Å². The van der Waals surface area contributed by atoms with Crippen molar-refractivity contribution in [2.24, 2.45) is 11.3 Å². The van der Waals surface area contributed by atoms with E-state index in [1.807, 2.05) is 0 Å². The van der Waals surface area contributed by atoms with E-state index in [9.17, 15) is 10.1 Å². The zero-order valence-corrected chi connectivity index (χ0v) is 8.75. The van der Waals surface area contributed by atoms with Crippen molar-refractivity contribution >= 4 is 5.97 Å². The highest BCUT2D eigenvalue weighted by atomic mass is 16.6. The second kappa shape index (κ2) is 3.00. The third-order valence-electron chi connectivity index (χ3n) is 3.35. The molecule has 0 heterocycles. The van der Waals surface area contributed by atoms with Crippen LogP contribution in [0.3, 0.4) is 0 Å². The molecule has 2 rings (SSSR count). The molecule has 0 aromatic carbocycles. The van der Waals surface area contributed by atoms with Crippen molar-refractivity contribution in [3.63, 3.8) is 0 Å².